The number of rotatable bonds is 8. The third kappa shape index (κ3) is 6.92. The fourth-order valence-corrected chi connectivity index (χ4v) is 2.69. The van der Waals surface area contributed by atoms with E-state index in [0.717, 1.165) is 16.2 Å². The number of ether oxygens (including phenoxy) is 1. The second-order valence-corrected chi connectivity index (χ2v) is 6.90. The monoisotopic (exact) mass is 390 g/mol. The van der Waals surface area contributed by atoms with E-state index in [0.29, 0.717) is 17.3 Å². The van der Waals surface area contributed by atoms with Crippen LogP contribution in [-0.4, -0.2) is 51.0 Å². The number of benzene rings is 2. The minimum absolute atomic E-state index is 0.0254. The van der Waals surface area contributed by atoms with Gasteiger partial charge in [0.15, 0.2) is 13.1 Å². The molecule has 2 aromatic rings. The number of hydrogen-bond donors (Lipinski definition) is 2. The SMILES string of the molecule is COc1ccc(CN(C)C(=O)C[NH+](C)CC(=O)Nc2ccc(Cl)cc2)cc1. The molecule has 0 aromatic heterocycles. The van der Waals surface area contributed by atoms with Crippen molar-refractivity contribution in [3.05, 3.63) is 59.1 Å². The van der Waals surface area contributed by atoms with Crippen LogP contribution in [0.15, 0.2) is 48.5 Å². The van der Waals surface area contributed by atoms with Crippen LogP contribution in [-0.2, 0) is 16.1 Å². The Morgan fingerprint density at radius 3 is 2.30 bits per heavy atom. The molecule has 1 unspecified atom stereocenters. The topological polar surface area (TPSA) is 63.1 Å². The van der Waals surface area contributed by atoms with Gasteiger partial charge in [0.25, 0.3) is 11.8 Å². The number of amides is 2. The van der Waals surface area contributed by atoms with Crippen molar-refractivity contribution >= 4 is 29.1 Å². The standard InChI is InChI=1S/C20H24ClN3O3/c1-23(13-19(25)22-17-8-6-16(21)7-9-17)14-20(26)24(2)12-15-4-10-18(27-3)11-5-15/h4-11H,12-14H2,1-3H3,(H,22,25)/p+1. The first-order chi connectivity index (χ1) is 12.9. The second-order valence-electron chi connectivity index (χ2n) is 6.46. The molecule has 0 spiro atoms. The maximum atomic E-state index is 12.4. The number of quaternary nitrogens is 1. The zero-order chi connectivity index (χ0) is 19.8. The summed E-state index contributed by atoms with van der Waals surface area (Å²) < 4.78 is 5.13. The lowest BCUT2D eigenvalue weighted by Crippen LogP contribution is -3.11. The number of halogens is 1. The second kappa shape index (κ2) is 9.94. The average Bonchev–Trinajstić information content (AvgIpc) is 2.64. The number of carbonyl (C=O) groups excluding carboxylic acids is 2. The summed E-state index contributed by atoms with van der Waals surface area (Å²) in [6.07, 6.45) is 0. The molecule has 27 heavy (non-hydrogen) atoms. The molecule has 0 aliphatic rings. The molecular formula is C20H25ClN3O3+. The van der Waals surface area contributed by atoms with Crippen LogP contribution in [0.2, 0.25) is 5.02 Å². The van der Waals surface area contributed by atoms with Crippen LogP contribution in [0.1, 0.15) is 5.56 Å². The van der Waals surface area contributed by atoms with Crippen molar-refractivity contribution in [2.24, 2.45) is 0 Å². The van der Waals surface area contributed by atoms with Crippen molar-refractivity contribution in [3.63, 3.8) is 0 Å². The average molecular weight is 391 g/mol. The van der Waals surface area contributed by atoms with Crippen LogP contribution in [0.4, 0.5) is 5.69 Å². The predicted molar refractivity (Wildman–Crippen MR) is 106 cm³/mol. The molecule has 2 rings (SSSR count). The number of nitrogens with zero attached hydrogens (tertiary/aromatic N) is 1. The Kier molecular flexibility index (Phi) is 7.64. The van der Waals surface area contributed by atoms with Gasteiger partial charge in [-0.15, -0.1) is 0 Å². The van der Waals surface area contributed by atoms with E-state index < -0.39 is 0 Å². The van der Waals surface area contributed by atoms with Crippen LogP contribution in [0.3, 0.4) is 0 Å². The first-order valence-electron chi connectivity index (χ1n) is 8.61. The first kappa shape index (κ1) is 20.7. The molecule has 1 atom stereocenters. The Hall–Kier alpha value is -2.57. The molecule has 0 radical (unpaired) electrons. The Bertz CT molecular complexity index is 763. The summed E-state index contributed by atoms with van der Waals surface area (Å²) in [6, 6.07) is 14.5. The van der Waals surface area contributed by atoms with Crippen molar-refractivity contribution in [1.29, 1.82) is 0 Å². The quantitative estimate of drug-likeness (QED) is 0.717. The van der Waals surface area contributed by atoms with Gasteiger partial charge in [-0.2, -0.15) is 0 Å². The van der Waals surface area contributed by atoms with Gasteiger partial charge in [-0.1, -0.05) is 23.7 Å². The van der Waals surface area contributed by atoms with E-state index in [1.165, 1.54) is 0 Å². The summed E-state index contributed by atoms with van der Waals surface area (Å²) >= 11 is 5.83. The van der Waals surface area contributed by atoms with Gasteiger partial charge in [-0.05, 0) is 42.0 Å². The van der Waals surface area contributed by atoms with E-state index in [1.807, 2.05) is 31.3 Å². The molecule has 0 fully saturated rings. The minimum atomic E-state index is -0.152. The molecule has 0 bridgehead atoms. The van der Waals surface area contributed by atoms with Crippen molar-refractivity contribution in [3.8, 4) is 5.75 Å². The molecule has 144 valence electrons. The Morgan fingerprint density at radius 1 is 1.07 bits per heavy atom. The largest absolute Gasteiger partial charge is 0.497 e. The van der Waals surface area contributed by atoms with Gasteiger partial charge in [-0.25, -0.2) is 0 Å². The smallest absolute Gasteiger partial charge is 0.279 e. The van der Waals surface area contributed by atoms with Crippen molar-refractivity contribution in [1.82, 2.24) is 4.90 Å². The zero-order valence-corrected chi connectivity index (χ0v) is 16.5. The van der Waals surface area contributed by atoms with Gasteiger partial charge >= 0.3 is 0 Å². The van der Waals surface area contributed by atoms with Gasteiger partial charge in [0.05, 0.1) is 14.2 Å². The number of hydrogen-bond acceptors (Lipinski definition) is 3. The highest BCUT2D eigenvalue weighted by molar-refractivity contribution is 6.30. The molecule has 0 saturated carbocycles. The number of anilines is 1. The molecule has 2 N–H and O–H groups in total. The van der Waals surface area contributed by atoms with Gasteiger partial charge in [-0.3, -0.25) is 9.59 Å². The van der Waals surface area contributed by atoms with Gasteiger partial charge < -0.3 is 19.9 Å². The molecule has 2 aromatic carbocycles. The lowest BCUT2D eigenvalue weighted by atomic mass is 10.2. The predicted octanol–water partition coefficient (Wildman–Crippen LogP) is 1.46. The summed E-state index contributed by atoms with van der Waals surface area (Å²) in [7, 11) is 5.19. The number of carbonyl (C=O) groups is 2. The van der Waals surface area contributed by atoms with Crippen molar-refractivity contribution in [2.45, 2.75) is 6.54 Å². The normalized spacial score (nSPS) is 11.6. The van der Waals surface area contributed by atoms with E-state index in [-0.39, 0.29) is 24.9 Å². The summed E-state index contributed by atoms with van der Waals surface area (Å²) in [5.74, 6) is 0.603. The van der Waals surface area contributed by atoms with Crippen LogP contribution in [0.5, 0.6) is 5.75 Å². The third-order valence-corrected chi connectivity index (χ3v) is 4.30. The van der Waals surface area contributed by atoms with E-state index >= 15 is 0 Å². The lowest BCUT2D eigenvalue weighted by Gasteiger charge is -2.20. The Balaban J connectivity index is 1.79. The number of likely N-dealkylation sites (N-methyl/N-ethyl adjacent to an activating group) is 2. The summed E-state index contributed by atoms with van der Waals surface area (Å²) in [5, 5.41) is 3.41. The molecule has 7 heteroatoms. The molecule has 6 nitrogen and oxygen atoms in total. The highest BCUT2D eigenvalue weighted by atomic mass is 35.5. The summed E-state index contributed by atoms with van der Waals surface area (Å²) in [5.41, 5.74) is 1.70. The minimum Gasteiger partial charge on any atom is -0.497 e. The first-order valence-corrected chi connectivity index (χ1v) is 8.99. The van der Waals surface area contributed by atoms with E-state index in [2.05, 4.69) is 5.32 Å². The third-order valence-electron chi connectivity index (χ3n) is 4.05. The Morgan fingerprint density at radius 2 is 1.70 bits per heavy atom. The lowest BCUT2D eigenvalue weighted by molar-refractivity contribution is -0.862. The summed E-state index contributed by atoms with van der Waals surface area (Å²) in [6.45, 7) is 0.943. The van der Waals surface area contributed by atoms with Crippen LogP contribution >= 0.6 is 11.6 Å². The zero-order valence-electron chi connectivity index (χ0n) is 15.8. The van der Waals surface area contributed by atoms with Gasteiger partial charge in [0.1, 0.15) is 5.75 Å². The number of nitrogens with one attached hydrogen (secondary N) is 2. The van der Waals surface area contributed by atoms with Crippen molar-refractivity contribution in [2.75, 3.05) is 39.6 Å². The molecule has 0 aliphatic heterocycles. The maximum absolute atomic E-state index is 12.4. The molecular weight excluding hydrogens is 366 g/mol. The van der Waals surface area contributed by atoms with E-state index in [9.17, 15) is 9.59 Å². The fraction of sp³-hybridized carbons (Fsp3) is 0.300. The molecule has 0 saturated heterocycles. The highest BCUT2D eigenvalue weighted by Crippen LogP contribution is 2.13. The molecule has 0 aliphatic carbocycles. The van der Waals surface area contributed by atoms with Gasteiger partial charge in [0, 0.05) is 24.3 Å². The van der Waals surface area contributed by atoms with Gasteiger partial charge in [0.2, 0.25) is 0 Å². The molecule has 0 heterocycles. The highest BCUT2D eigenvalue weighted by Gasteiger charge is 2.17. The summed E-state index contributed by atoms with van der Waals surface area (Å²) in [4.78, 5) is 27.0. The van der Waals surface area contributed by atoms with Crippen LogP contribution in [0.25, 0.3) is 0 Å². The van der Waals surface area contributed by atoms with Crippen LogP contribution < -0.4 is 15.0 Å². The maximum Gasteiger partial charge on any atom is 0.279 e. The Labute approximate surface area is 164 Å². The van der Waals surface area contributed by atoms with E-state index in [1.54, 1.807) is 43.3 Å². The van der Waals surface area contributed by atoms with E-state index in [4.69, 9.17) is 16.3 Å². The van der Waals surface area contributed by atoms with Crippen molar-refractivity contribution < 1.29 is 19.2 Å². The molecule has 2 amide bonds. The number of methoxy groups -OCH3 is 1. The fourth-order valence-electron chi connectivity index (χ4n) is 2.56. The van der Waals surface area contributed by atoms with Crippen LogP contribution in [0, 0.1) is 0 Å².